The molecule has 0 aliphatic carbocycles. The summed E-state index contributed by atoms with van der Waals surface area (Å²) in [5.41, 5.74) is 0.551. The fraction of sp³-hybridized carbons (Fsp3) is 1.00. The van der Waals surface area contributed by atoms with E-state index in [0.717, 1.165) is 5.92 Å². The van der Waals surface area contributed by atoms with Crippen LogP contribution in [-0.2, 0) is 0 Å². The highest BCUT2D eigenvalue weighted by atomic mass is 31.1. The summed E-state index contributed by atoms with van der Waals surface area (Å²) in [6, 6.07) is 0. The zero-order valence-corrected chi connectivity index (χ0v) is 9.70. The molecule has 0 aromatic carbocycles. The van der Waals surface area contributed by atoms with Gasteiger partial charge in [-0.25, -0.2) is 0 Å². The molecule has 0 heterocycles. The Bertz CT molecular complexity index is 89.5. The molecular formula is C10H23P. The molecule has 0 amide bonds. The first-order valence-electron chi connectivity index (χ1n) is 4.62. The molecule has 0 aliphatic heterocycles. The molecule has 11 heavy (non-hydrogen) atoms. The Hall–Kier alpha value is 0.430. The molecule has 0 radical (unpaired) electrons. The Morgan fingerprint density at radius 3 is 2.09 bits per heavy atom. The average molecular weight is 174 g/mol. The molecule has 1 atom stereocenters. The average Bonchev–Trinajstić information content (AvgIpc) is 1.78. The molecule has 0 aromatic rings. The first-order valence-corrected chi connectivity index (χ1v) is 6.04. The summed E-state index contributed by atoms with van der Waals surface area (Å²) in [5, 5.41) is 0. The Morgan fingerprint density at radius 2 is 1.73 bits per heavy atom. The monoisotopic (exact) mass is 174 g/mol. The number of rotatable bonds is 4. The van der Waals surface area contributed by atoms with Crippen molar-refractivity contribution in [3.8, 4) is 0 Å². The summed E-state index contributed by atoms with van der Waals surface area (Å²) in [5.74, 6) is 0.891. The predicted molar refractivity (Wildman–Crippen MR) is 57.0 cm³/mol. The van der Waals surface area contributed by atoms with E-state index in [2.05, 4.69) is 34.6 Å². The zero-order valence-electron chi connectivity index (χ0n) is 8.70. The van der Waals surface area contributed by atoms with Crippen molar-refractivity contribution in [1.29, 1.82) is 0 Å². The molecule has 0 rings (SSSR count). The summed E-state index contributed by atoms with van der Waals surface area (Å²) in [6.07, 6.45) is 4.25. The van der Waals surface area contributed by atoms with Crippen molar-refractivity contribution >= 4 is 8.58 Å². The Balaban J connectivity index is 3.15. The second-order valence-corrected chi connectivity index (χ2v) is 6.27. The van der Waals surface area contributed by atoms with E-state index in [1.807, 2.05) is 0 Å². The Kier molecular flexibility index (Phi) is 5.34. The molecule has 0 nitrogen and oxygen atoms in total. The first-order chi connectivity index (χ1) is 4.92. The third-order valence-corrected chi connectivity index (χ3v) is 3.51. The van der Waals surface area contributed by atoms with Gasteiger partial charge < -0.3 is 0 Å². The quantitative estimate of drug-likeness (QED) is 0.449. The molecule has 0 N–H and O–H groups in total. The minimum atomic E-state index is 0.551. The van der Waals surface area contributed by atoms with Gasteiger partial charge in [0, 0.05) is 0 Å². The van der Waals surface area contributed by atoms with Crippen molar-refractivity contribution < 1.29 is 0 Å². The molecule has 0 saturated heterocycles. The third kappa shape index (κ3) is 10.4. The van der Waals surface area contributed by atoms with Crippen LogP contribution in [0, 0.1) is 11.3 Å². The van der Waals surface area contributed by atoms with Crippen LogP contribution in [0.25, 0.3) is 0 Å². The van der Waals surface area contributed by atoms with Gasteiger partial charge in [-0.1, -0.05) is 34.6 Å². The van der Waals surface area contributed by atoms with Crippen molar-refractivity contribution in [1.82, 2.24) is 0 Å². The molecule has 0 saturated carbocycles. The maximum absolute atomic E-state index is 2.33. The van der Waals surface area contributed by atoms with Gasteiger partial charge in [0.1, 0.15) is 0 Å². The number of hydrogen-bond donors (Lipinski definition) is 0. The summed E-state index contributed by atoms with van der Waals surface area (Å²) < 4.78 is 0. The van der Waals surface area contributed by atoms with E-state index < -0.39 is 0 Å². The molecule has 0 aliphatic rings. The Morgan fingerprint density at radius 1 is 1.18 bits per heavy atom. The second kappa shape index (κ2) is 5.14. The maximum Gasteiger partial charge on any atom is -0.0304 e. The van der Waals surface area contributed by atoms with Crippen LogP contribution in [-0.4, -0.2) is 12.3 Å². The standard InChI is InChI=1S/C10H23P/c1-9(2)6-7-11-8-10(3,4)5/h9,11H,6-8H2,1-5H3. The summed E-state index contributed by atoms with van der Waals surface area (Å²) in [6.45, 7) is 11.6. The van der Waals surface area contributed by atoms with Crippen LogP contribution < -0.4 is 0 Å². The topological polar surface area (TPSA) is 0 Å². The summed E-state index contributed by atoms with van der Waals surface area (Å²) in [4.78, 5) is 0. The van der Waals surface area contributed by atoms with Crippen LogP contribution in [0.5, 0.6) is 0 Å². The van der Waals surface area contributed by atoms with Crippen LogP contribution in [0.4, 0.5) is 0 Å². The highest BCUT2D eigenvalue weighted by molar-refractivity contribution is 7.38. The minimum absolute atomic E-state index is 0.551. The molecule has 0 aromatic heterocycles. The first kappa shape index (κ1) is 11.4. The molecule has 68 valence electrons. The van der Waals surface area contributed by atoms with Gasteiger partial charge >= 0.3 is 0 Å². The molecular weight excluding hydrogens is 151 g/mol. The highest BCUT2D eigenvalue weighted by Crippen LogP contribution is 2.26. The lowest BCUT2D eigenvalue weighted by atomic mass is 10.0. The minimum Gasteiger partial charge on any atom is -0.122 e. The van der Waals surface area contributed by atoms with Crippen LogP contribution in [0.1, 0.15) is 41.0 Å². The third-order valence-electron chi connectivity index (χ3n) is 1.55. The lowest BCUT2D eigenvalue weighted by molar-refractivity contribution is 0.478. The summed E-state index contributed by atoms with van der Waals surface area (Å²) in [7, 11) is 1.18. The van der Waals surface area contributed by atoms with E-state index in [1.165, 1.54) is 27.3 Å². The fourth-order valence-corrected chi connectivity index (χ4v) is 2.56. The van der Waals surface area contributed by atoms with E-state index in [-0.39, 0.29) is 0 Å². The largest absolute Gasteiger partial charge is 0.122 e. The van der Waals surface area contributed by atoms with Gasteiger partial charge in [0.2, 0.25) is 0 Å². The van der Waals surface area contributed by atoms with Crippen LogP contribution >= 0.6 is 8.58 Å². The van der Waals surface area contributed by atoms with E-state index in [1.54, 1.807) is 0 Å². The maximum atomic E-state index is 2.33. The highest BCUT2D eigenvalue weighted by Gasteiger charge is 2.08. The van der Waals surface area contributed by atoms with Gasteiger partial charge in [0.05, 0.1) is 0 Å². The summed E-state index contributed by atoms with van der Waals surface area (Å²) >= 11 is 0. The van der Waals surface area contributed by atoms with Crippen molar-refractivity contribution in [2.45, 2.75) is 41.0 Å². The van der Waals surface area contributed by atoms with Crippen molar-refractivity contribution in [3.05, 3.63) is 0 Å². The van der Waals surface area contributed by atoms with E-state index in [9.17, 15) is 0 Å². The van der Waals surface area contributed by atoms with Crippen LogP contribution in [0.15, 0.2) is 0 Å². The lowest BCUT2D eigenvalue weighted by Crippen LogP contribution is -2.07. The molecule has 0 fully saturated rings. The van der Waals surface area contributed by atoms with E-state index in [0.29, 0.717) is 5.41 Å². The predicted octanol–water partition coefficient (Wildman–Crippen LogP) is 3.76. The molecule has 1 unspecified atom stereocenters. The van der Waals surface area contributed by atoms with Crippen molar-refractivity contribution in [3.63, 3.8) is 0 Å². The van der Waals surface area contributed by atoms with Gasteiger partial charge in [0.25, 0.3) is 0 Å². The van der Waals surface area contributed by atoms with Crippen molar-refractivity contribution in [2.24, 2.45) is 11.3 Å². The SMILES string of the molecule is CC(C)CCPCC(C)(C)C. The van der Waals surface area contributed by atoms with E-state index >= 15 is 0 Å². The molecule has 0 bridgehead atoms. The fourth-order valence-electron chi connectivity index (χ4n) is 0.854. The Labute approximate surface area is 73.9 Å². The smallest absolute Gasteiger partial charge is 0.0304 e. The van der Waals surface area contributed by atoms with Crippen LogP contribution in [0.2, 0.25) is 0 Å². The molecule has 1 heteroatoms. The lowest BCUT2D eigenvalue weighted by Gasteiger charge is -2.17. The number of hydrogen-bond acceptors (Lipinski definition) is 0. The van der Waals surface area contributed by atoms with Crippen molar-refractivity contribution in [2.75, 3.05) is 12.3 Å². The molecule has 0 spiro atoms. The van der Waals surface area contributed by atoms with Gasteiger partial charge in [-0.2, -0.15) is 0 Å². The van der Waals surface area contributed by atoms with Gasteiger partial charge in [-0.3, -0.25) is 0 Å². The second-order valence-electron chi connectivity index (χ2n) is 4.92. The van der Waals surface area contributed by atoms with Gasteiger partial charge in [0.15, 0.2) is 0 Å². The van der Waals surface area contributed by atoms with Gasteiger partial charge in [-0.15, -0.1) is 8.58 Å². The zero-order chi connectivity index (χ0) is 8.91. The van der Waals surface area contributed by atoms with Gasteiger partial charge in [-0.05, 0) is 30.1 Å². The van der Waals surface area contributed by atoms with E-state index in [4.69, 9.17) is 0 Å². The normalized spacial score (nSPS) is 13.6. The van der Waals surface area contributed by atoms with Crippen LogP contribution in [0.3, 0.4) is 0 Å².